The first-order chi connectivity index (χ1) is 27.2. The Morgan fingerprint density at radius 2 is 1.88 bits per heavy atom. The molecule has 1 aromatic carbocycles. The molecule has 0 bridgehead atoms. The summed E-state index contributed by atoms with van der Waals surface area (Å²) in [6, 6.07) is 5.21. The van der Waals surface area contributed by atoms with E-state index in [4.69, 9.17) is 23.9 Å². The summed E-state index contributed by atoms with van der Waals surface area (Å²) in [5.41, 5.74) is -2.36. The van der Waals surface area contributed by atoms with E-state index < -0.39 is 74.3 Å². The smallest absolute Gasteiger partial charge is 0.408 e. The van der Waals surface area contributed by atoms with Gasteiger partial charge in [0, 0.05) is 37.4 Å². The summed E-state index contributed by atoms with van der Waals surface area (Å²) in [4.78, 5) is 64.3. The summed E-state index contributed by atoms with van der Waals surface area (Å²) >= 11 is 0. The van der Waals surface area contributed by atoms with Crippen LogP contribution in [0.3, 0.4) is 0 Å². The van der Waals surface area contributed by atoms with Gasteiger partial charge in [0.2, 0.25) is 27.7 Å². The number of nitrogens with one attached hydrogen (secondary N) is 4. The van der Waals surface area contributed by atoms with E-state index in [9.17, 15) is 27.6 Å². The minimum Gasteiger partial charge on any atom is -0.497 e. The first-order valence-corrected chi connectivity index (χ1v) is 21.2. The Bertz CT molecular complexity index is 2010. The standard InChI is InChI=1S/C39H53N7O10S/c1-38(2,3)56-37(50)41-30-22-40-13-7-5-6-8-25-21-39(25,36(49)44-57(51,52)28-10-11-28)43-33(47)31-20-27(23-46(31)35(30)48)55-34-29-12-9-26(53-4)18-24(29)19-32(42-34)45-14-16-54-17-15-45/h6,8-9,12,18-19,25,27-28,30-31,40H,5,7,10-11,13-17,20-23H2,1-4H3,(H,41,50)(H,43,47)(H,44,49)/t25-,27?,30+,31+,39-/m1/s1. The monoisotopic (exact) mass is 811 g/mol. The molecule has 57 heavy (non-hydrogen) atoms. The molecule has 5 atom stereocenters. The number of anilines is 1. The molecule has 17 nitrogen and oxygen atoms in total. The van der Waals surface area contributed by atoms with Crippen LogP contribution in [0, 0.1) is 5.92 Å². The Morgan fingerprint density at radius 3 is 2.60 bits per heavy atom. The second kappa shape index (κ2) is 16.3. The van der Waals surface area contributed by atoms with E-state index in [2.05, 4.69) is 25.6 Å². The van der Waals surface area contributed by atoms with Crippen LogP contribution < -0.4 is 35.0 Å². The minimum absolute atomic E-state index is 0.0177. The molecule has 18 heteroatoms. The molecule has 4 heterocycles. The van der Waals surface area contributed by atoms with Crippen molar-refractivity contribution in [1.82, 2.24) is 30.6 Å². The molecule has 2 saturated heterocycles. The Hall–Kier alpha value is -4.68. The Labute approximate surface area is 332 Å². The van der Waals surface area contributed by atoms with Crippen LogP contribution in [0.25, 0.3) is 10.8 Å². The average molecular weight is 812 g/mol. The lowest BCUT2D eigenvalue weighted by atomic mass is 10.1. The molecule has 4 amide bonds. The van der Waals surface area contributed by atoms with Crippen LogP contribution in [0.15, 0.2) is 36.4 Å². The molecule has 2 aromatic rings. The highest BCUT2D eigenvalue weighted by Crippen LogP contribution is 2.46. The van der Waals surface area contributed by atoms with Gasteiger partial charge in [-0.05, 0) is 89.1 Å². The van der Waals surface area contributed by atoms with Crippen LogP contribution in [0.4, 0.5) is 10.6 Å². The third kappa shape index (κ3) is 9.39. The summed E-state index contributed by atoms with van der Waals surface area (Å²) in [6.45, 7) is 8.01. The molecular formula is C39H53N7O10S. The van der Waals surface area contributed by atoms with Crippen molar-refractivity contribution in [2.75, 3.05) is 57.9 Å². The van der Waals surface area contributed by atoms with E-state index in [1.165, 1.54) is 4.90 Å². The van der Waals surface area contributed by atoms with Crippen LogP contribution in [0.2, 0.25) is 0 Å². The molecular weight excluding hydrogens is 759 g/mol. The fourth-order valence-corrected chi connectivity index (χ4v) is 8.93. The van der Waals surface area contributed by atoms with Gasteiger partial charge in [0.1, 0.15) is 40.9 Å². The zero-order valence-corrected chi connectivity index (χ0v) is 33.7. The summed E-state index contributed by atoms with van der Waals surface area (Å²) in [7, 11) is -2.32. The largest absolute Gasteiger partial charge is 0.497 e. The van der Waals surface area contributed by atoms with E-state index in [-0.39, 0.29) is 25.9 Å². The van der Waals surface area contributed by atoms with Gasteiger partial charge >= 0.3 is 6.09 Å². The van der Waals surface area contributed by atoms with E-state index in [0.717, 1.165) is 5.39 Å². The predicted molar refractivity (Wildman–Crippen MR) is 209 cm³/mol. The fraction of sp³-hybridized carbons (Fsp3) is 0.615. The van der Waals surface area contributed by atoms with Crippen molar-refractivity contribution in [2.45, 2.75) is 93.9 Å². The second-order valence-corrected chi connectivity index (χ2v) is 18.3. The highest BCUT2D eigenvalue weighted by Gasteiger charge is 2.62. The molecule has 0 radical (unpaired) electrons. The van der Waals surface area contributed by atoms with Crippen molar-refractivity contribution >= 4 is 50.4 Å². The third-order valence-corrected chi connectivity index (χ3v) is 12.7. The zero-order valence-electron chi connectivity index (χ0n) is 32.9. The number of carbonyl (C=O) groups is 4. The van der Waals surface area contributed by atoms with Crippen molar-refractivity contribution in [1.29, 1.82) is 0 Å². The molecule has 4 fully saturated rings. The molecule has 310 valence electrons. The number of carbonyl (C=O) groups excluding carboxylic acids is 4. The lowest BCUT2D eigenvalue weighted by Gasteiger charge is -2.30. The second-order valence-electron chi connectivity index (χ2n) is 16.4. The Balaban J connectivity index is 1.21. The van der Waals surface area contributed by atoms with Gasteiger partial charge in [-0.3, -0.25) is 19.1 Å². The molecule has 3 aliphatic heterocycles. The summed E-state index contributed by atoms with van der Waals surface area (Å²) < 4.78 is 51.2. The SMILES string of the molecule is COc1ccc2c(OC3C[C@H]4C(=O)N[C@]5(C(=O)NS(=O)(=O)C6CC6)C[C@H]5C=CCCCNC[C@H](NC(=O)OC(C)(C)C)C(=O)N4C3)nc(N3CCOCC3)cc2c1. The van der Waals surface area contributed by atoms with Crippen molar-refractivity contribution in [2.24, 2.45) is 5.92 Å². The van der Waals surface area contributed by atoms with E-state index in [0.29, 0.717) is 81.4 Å². The molecule has 1 unspecified atom stereocenters. The molecule has 2 aliphatic carbocycles. The molecule has 0 spiro atoms. The van der Waals surface area contributed by atoms with Crippen molar-refractivity contribution < 1.29 is 46.5 Å². The molecule has 2 saturated carbocycles. The Kier molecular flexibility index (Phi) is 11.6. The number of methoxy groups -OCH3 is 1. The minimum atomic E-state index is -3.91. The van der Waals surface area contributed by atoms with Crippen LogP contribution in [-0.4, -0.2) is 130 Å². The number of hydrogen-bond donors (Lipinski definition) is 4. The number of allylic oxidation sites excluding steroid dienone is 1. The van der Waals surface area contributed by atoms with E-state index >= 15 is 0 Å². The topological polar surface area (TPSA) is 207 Å². The normalized spacial score (nSPS) is 27.3. The van der Waals surface area contributed by atoms with Crippen LogP contribution in [0.1, 0.15) is 59.3 Å². The predicted octanol–water partition coefficient (Wildman–Crippen LogP) is 1.74. The number of pyridine rings is 1. The maximum absolute atomic E-state index is 14.6. The molecule has 7 rings (SSSR count). The highest BCUT2D eigenvalue weighted by molar-refractivity contribution is 7.91. The highest BCUT2D eigenvalue weighted by atomic mass is 32.2. The van der Waals surface area contributed by atoms with Crippen LogP contribution >= 0.6 is 0 Å². The van der Waals surface area contributed by atoms with Gasteiger partial charge in [0.15, 0.2) is 0 Å². The van der Waals surface area contributed by atoms with Crippen LogP contribution in [-0.2, 0) is 33.9 Å². The maximum Gasteiger partial charge on any atom is 0.408 e. The maximum atomic E-state index is 14.6. The molecule has 5 aliphatic rings. The number of amides is 4. The number of alkyl carbamates (subject to hydrolysis) is 1. The number of ether oxygens (including phenoxy) is 4. The van der Waals surface area contributed by atoms with Crippen molar-refractivity contribution in [3.8, 4) is 11.6 Å². The lowest BCUT2D eigenvalue weighted by molar-refractivity contribution is -0.141. The number of benzene rings is 1. The number of nitrogens with zero attached hydrogens (tertiary/aromatic N) is 3. The average Bonchev–Trinajstić information content (AvgIpc) is 4.09. The number of rotatable bonds is 8. The summed E-state index contributed by atoms with van der Waals surface area (Å²) in [5, 5.41) is 9.71. The van der Waals surface area contributed by atoms with Gasteiger partial charge in [-0.25, -0.2) is 13.2 Å². The van der Waals surface area contributed by atoms with E-state index in [1.54, 1.807) is 33.9 Å². The van der Waals surface area contributed by atoms with Gasteiger partial charge in [-0.15, -0.1) is 0 Å². The lowest BCUT2D eigenvalue weighted by Crippen LogP contribution is -2.59. The first-order valence-electron chi connectivity index (χ1n) is 19.7. The number of morpholine rings is 1. The molecule has 1 aromatic heterocycles. The number of sulfonamides is 1. The van der Waals surface area contributed by atoms with Gasteiger partial charge in [0.05, 0.1) is 32.1 Å². The quantitative estimate of drug-likeness (QED) is 0.281. The van der Waals surface area contributed by atoms with Gasteiger partial charge in [0.25, 0.3) is 5.91 Å². The number of aromatic nitrogens is 1. The third-order valence-electron chi connectivity index (χ3n) is 10.8. The summed E-state index contributed by atoms with van der Waals surface area (Å²) in [6.07, 6.45) is 4.65. The molecule has 4 N–H and O–H groups in total. The first kappa shape index (κ1) is 40.5. The number of fused-ring (bicyclic) bond motifs is 3. The number of hydrogen-bond acceptors (Lipinski definition) is 13. The van der Waals surface area contributed by atoms with Gasteiger partial charge < -0.3 is 44.7 Å². The fourth-order valence-electron chi connectivity index (χ4n) is 7.56. The zero-order chi connectivity index (χ0) is 40.5. The Morgan fingerprint density at radius 1 is 1.11 bits per heavy atom. The van der Waals surface area contributed by atoms with Crippen molar-refractivity contribution in [3.05, 3.63) is 36.4 Å². The summed E-state index contributed by atoms with van der Waals surface area (Å²) in [5.74, 6) is -0.838. The van der Waals surface area contributed by atoms with E-state index in [1.807, 2.05) is 30.4 Å². The van der Waals surface area contributed by atoms with Crippen LogP contribution in [0.5, 0.6) is 11.6 Å². The van der Waals surface area contributed by atoms with Gasteiger partial charge in [-0.2, -0.15) is 4.98 Å². The van der Waals surface area contributed by atoms with Gasteiger partial charge in [-0.1, -0.05) is 12.2 Å². The van der Waals surface area contributed by atoms with Crippen molar-refractivity contribution in [3.63, 3.8) is 0 Å².